The first-order chi connectivity index (χ1) is 9.59. The van der Waals surface area contributed by atoms with Crippen molar-refractivity contribution in [2.75, 3.05) is 4.90 Å². The molecule has 20 heavy (non-hydrogen) atoms. The number of hydrogen-bond acceptors (Lipinski definition) is 4. The minimum atomic E-state index is -1.13. The number of carbonyl (C=O) groups is 3. The molecule has 104 valence electrons. The minimum absolute atomic E-state index is 0.106. The van der Waals surface area contributed by atoms with E-state index in [-0.39, 0.29) is 29.3 Å². The van der Waals surface area contributed by atoms with E-state index in [0.717, 1.165) is 25.7 Å². The number of amides is 2. The van der Waals surface area contributed by atoms with Gasteiger partial charge in [0, 0.05) is 0 Å². The van der Waals surface area contributed by atoms with E-state index < -0.39 is 5.97 Å². The maximum atomic E-state index is 12.3. The van der Waals surface area contributed by atoms with Crippen LogP contribution in [-0.4, -0.2) is 27.9 Å². The van der Waals surface area contributed by atoms with Gasteiger partial charge in [0.05, 0.1) is 23.7 Å². The number of pyridine rings is 1. The topological polar surface area (TPSA) is 87.6 Å². The Hall–Kier alpha value is -2.24. The SMILES string of the molecule is O=C(O)c1ccc(N2C(=O)C3CCCCC3C2=O)cn1. The lowest BCUT2D eigenvalue weighted by Gasteiger charge is -2.19. The number of anilines is 1. The zero-order valence-corrected chi connectivity index (χ0v) is 10.8. The number of nitrogens with zero attached hydrogens (tertiary/aromatic N) is 2. The Kier molecular flexibility index (Phi) is 3.00. The fraction of sp³-hybridized carbons (Fsp3) is 0.429. The van der Waals surface area contributed by atoms with Gasteiger partial charge >= 0.3 is 5.97 Å². The van der Waals surface area contributed by atoms with E-state index in [4.69, 9.17) is 5.11 Å². The van der Waals surface area contributed by atoms with Crippen LogP contribution < -0.4 is 4.90 Å². The second-order valence-corrected chi connectivity index (χ2v) is 5.22. The quantitative estimate of drug-likeness (QED) is 0.825. The lowest BCUT2D eigenvalue weighted by molar-refractivity contribution is -0.122. The molecular formula is C14H14N2O4. The number of aromatic carboxylic acids is 1. The van der Waals surface area contributed by atoms with Gasteiger partial charge in [0.15, 0.2) is 0 Å². The third kappa shape index (κ3) is 1.88. The third-order valence-electron chi connectivity index (χ3n) is 4.07. The number of aromatic nitrogens is 1. The van der Waals surface area contributed by atoms with Crippen LogP contribution in [0.2, 0.25) is 0 Å². The fourth-order valence-electron chi connectivity index (χ4n) is 3.06. The molecule has 1 N–H and O–H groups in total. The summed E-state index contributed by atoms with van der Waals surface area (Å²) in [6.07, 6.45) is 4.74. The van der Waals surface area contributed by atoms with Crippen LogP contribution in [0.25, 0.3) is 0 Å². The molecular weight excluding hydrogens is 260 g/mol. The molecule has 3 rings (SSSR count). The summed E-state index contributed by atoms with van der Waals surface area (Å²) in [5.41, 5.74) is 0.254. The van der Waals surface area contributed by atoms with Gasteiger partial charge in [-0.05, 0) is 25.0 Å². The normalized spacial score (nSPS) is 25.7. The van der Waals surface area contributed by atoms with E-state index in [0.29, 0.717) is 5.69 Å². The Bertz CT molecular complexity index is 557. The second kappa shape index (κ2) is 4.70. The molecule has 1 saturated heterocycles. The third-order valence-corrected chi connectivity index (χ3v) is 4.07. The molecule has 0 radical (unpaired) electrons. The number of carboxylic acids is 1. The standard InChI is InChI=1S/C14H14N2O4/c17-12-9-3-1-2-4-10(9)13(18)16(12)8-5-6-11(14(19)20)15-7-8/h5-7,9-10H,1-4H2,(H,19,20). The largest absolute Gasteiger partial charge is 0.477 e. The van der Waals surface area contributed by atoms with Crippen molar-refractivity contribution in [1.82, 2.24) is 4.98 Å². The van der Waals surface area contributed by atoms with E-state index in [9.17, 15) is 14.4 Å². The lowest BCUT2D eigenvalue weighted by Crippen LogP contribution is -2.31. The van der Waals surface area contributed by atoms with Crippen LogP contribution in [0.5, 0.6) is 0 Å². The lowest BCUT2D eigenvalue weighted by atomic mass is 9.81. The van der Waals surface area contributed by atoms with Crippen molar-refractivity contribution >= 4 is 23.5 Å². The average molecular weight is 274 g/mol. The highest BCUT2D eigenvalue weighted by Crippen LogP contribution is 2.39. The van der Waals surface area contributed by atoms with E-state index in [2.05, 4.69) is 4.98 Å². The van der Waals surface area contributed by atoms with Gasteiger partial charge in [-0.25, -0.2) is 14.7 Å². The molecule has 6 nitrogen and oxygen atoms in total. The van der Waals surface area contributed by atoms with Crippen LogP contribution in [0, 0.1) is 11.8 Å². The first-order valence-corrected chi connectivity index (χ1v) is 6.67. The highest BCUT2D eigenvalue weighted by atomic mass is 16.4. The maximum Gasteiger partial charge on any atom is 0.354 e. The van der Waals surface area contributed by atoms with Crippen LogP contribution in [-0.2, 0) is 9.59 Å². The monoisotopic (exact) mass is 274 g/mol. The Labute approximate surface area is 115 Å². The van der Waals surface area contributed by atoms with Crippen LogP contribution in [0.15, 0.2) is 18.3 Å². The zero-order valence-electron chi connectivity index (χ0n) is 10.8. The Morgan fingerprint density at radius 3 is 2.20 bits per heavy atom. The summed E-state index contributed by atoms with van der Waals surface area (Å²) in [5, 5.41) is 8.80. The average Bonchev–Trinajstić information content (AvgIpc) is 2.72. The molecule has 1 aliphatic carbocycles. The van der Waals surface area contributed by atoms with Crippen LogP contribution in [0.4, 0.5) is 5.69 Å². The number of carboxylic acid groups (broad SMARTS) is 1. The number of carbonyl (C=O) groups excluding carboxylic acids is 2. The van der Waals surface area contributed by atoms with Crippen LogP contribution in [0.1, 0.15) is 36.2 Å². The molecule has 0 spiro atoms. The van der Waals surface area contributed by atoms with Gasteiger partial charge in [-0.1, -0.05) is 12.8 Å². The van der Waals surface area contributed by atoms with Gasteiger partial charge in [0.25, 0.3) is 0 Å². The summed E-state index contributed by atoms with van der Waals surface area (Å²) in [6.45, 7) is 0. The summed E-state index contributed by atoms with van der Waals surface area (Å²) < 4.78 is 0. The molecule has 0 bridgehead atoms. The Morgan fingerprint density at radius 1 is 1.15 bits per heavy atom. The second-order valence-electron chi connectivity index (χ2n) is 5.22. The summed E-state index contributed by atoms with van der Waals surface area (Å²) >= 11 is 0. The molecule has 1 aromatic rings. The van der Waals surface area contributed by atoms with Crippen molar-refractivity contribution in [3.8, 4) is 0 Å². The number of imide groups is 1. The molecule has 6 heteroatoms. The van der Waals surface area contributed by atoms with Gasteiger partial charge in [-0.2, -0.15) is 0 Å². The molecule has 1 aliphatic heterocycles. The fourth-order valence-corrected chi connectivity index (χ4v) is 3.06. The first-order valence-electron chi connectivity index (χ1n) is 6.67. The highest BCUT2D eigenvalue weighted by Gasteiger charge is 2.48. The number of fused-ring (bicyclic) bond motifs is 1. The zero-order chi connectivity index (χ0) is 14.3. The molecule has 2 atom stereocenters. The molecule has 2 amide bonds. The van der Waals surface area contributed by atoms with Crippen LogP contribution >= 0.6 is 0 Å². The molecule has 1 aromatic heterocycles. The van der Waals surface area contributed by atoms with E-state index in [1.54, 1.807) is 0 Å². The molecule has 2 aliphatic rings. The number of hydrogen-bond donors (Lipinski definition) is 1. The number of rotatable bonds is 2. The van der Waals surface area contributed by atoms with Gasteiger partial charge in [0.2, 0.25) is 11.8 Å². The predicted octanol–water partition coefficient (Wildman–Crippen LogP) is 1.46. The van der Waals surface area contributed by atoms with E-state index >= 15 is 0 Å². The molecule has 2 unspecified atom stereocenters. The van der Waals surface area contributed by atoms with Crippen molar-refractivity contribution in [2.24, 2.45) is 11.8 Å². The summed E-state index contributed by atoms with van der Waals surface area (Å²) in [7, 11) is 0. The first kappa shape index (κ1) is 12.8. The predicted molar refractivity (Wildman–Crippen MR) is 69.1 cm³/mol. The van der Waals surface area contributed by atoms with E-state index in [1.807, 2.05) is 0 Å². The van der Waals surface area contributed by atoms with Gasteiger partial charge in [0.1, 0.15) is 5.69 Å². The maximum absolute atomic E-state index is 12.3. The minimum Gasteiger partial charge on any atom is -0.477 e. The van der Waals surface area contributed by atoms with Crippen LogP contribution in [0.3, 0.4) is 0 Å². The molecule has 1 saturated carbocycles. The van der Waals surface area contributed by atoms with Gasteiger partial charge in [-0.3, -0.25) is 9.59 Å². The van der Waals surface area contributed by atoms with Crippen molar-refractivity contribution in [3.05, 3.63) is 24.0 Å². The van der Waals surface area contributed by atoms with E-state index in [1.165, 1.54) is 23.2 Å². The van der Waals surface area contributed by atoms with Crippen molar-refractivity contribution in [3.63, 3.8) is 0 Å². The van der Waals surface area contributed by atoms with Crippen molar-refractivity contribution in [2.45, 2.75) is 25.7 Å². The molecule has 0 aromatic carbocycles. The van der Waals surface area contributed by atoms with Gasteiger partial charge < -0.3 is 5.11 Å². The van der Waals surface area contributed by atoms with Crippen molar-refractivity contribution in [1.29, 1.82) is 0 Å². The Morgan fingerprint density at radius 2 is 1.75 bits per heavy atom. The summed E-state index contributed by atoms with van der Waals surface area (Å²) in [4.78, 5) is 40.3. The highest BCUT2D eigenvalue weighted by molar-refractivity contribution is 6.22. The molecule has 2 fully saturated rings. The summed E-state index contributed by atoms with van der Waals surface area (Å²) in [5.74, 6) is -1.91. The summed E-state index contributed by atoms with van der Waals surface area (Å²) in [6, 6.07) is 2.77. The smallest absolute Gasteiger partial charge is 0.354 e. The van der Waals surface area contributed by atoms with Gasteiger partial charge in [-0.15, -0.1) is 0 Å². The van der Waals surface area contributed by atoms with Crippen molar-refractivity contribution < 1.29 is 19.5 Å². The Balaban J connectivity index is 1.91. The molecule has 2 heterocycles.